The van der Waals surface area contributed by atoms with E-state index in [1.165, 1.54) is 0 Å². The molecule has 0 bridgehead atoms. The summed E-state index contributed by atoms with van der Waals surface area (Å²) in [4.78, 5) is 18.4. The summed E-state index contributed by atoms with van der Waals surface area (Å²) in [5.74, 6) is -0.264. The lowest BCUT2D eigenvalue weighted by Crippen LogP contribution is -2.36. The van der Waals surface area contributed by atoms with Gasteiger partial charge in [-0.05, 0) is 42.3 Å². The molecule has 0 saturated carbocycles. The van der Waals surface area contributed by atoms with E-state index in [1.54, 1.807) is 12.3 Å². The lowest BCUT2D eigenvalue weighted by atomic mass is 9.99. The zero-order chi connectivity index (χ0) is 19.5. The average molecular weight is 371 g/mol. The van der Waals surface area contributed by atoms with Crippen molar-refractivity contribution in [1.29, 1.82) is 5.26 Å². The molecule has 1 saturated heterocycles. The highest BCUT2D eigenvalue weighted by atomic mass is 16.5. The molecule has 0 amide bonds. The monoisotopic (exact) mass is 371 g/mol. The fourth-order valence-corrected chi connectivity index (χ4v) is 3.61. The number of ether oxygens (including phenoxy) is 1. The maximum Gasteiger partial charge on any atom is 0.205 e. The van der Waals surface area contributed by atoms with Gasteiger partial charge in [0.2, 0.25) is 5.78 Å². The molecule has 0 atom stereocenters. The fourth-order valence-electron chi connectivity index (χ4n) is 3.61. The Morgan fingerprint density at radius 3 is 2.64 bits per heavy atom. The first-order valence-corrected chi connectivity index (χ1v) is 9.33. The third-order valence-electron chi connectivity index (χ3n) is 5.10. The van der Waals surface area contributed by atoms with E-state index in [0.717, 1.165) is 54.0 Å². The van der Waals surface area contributed by atoms with Crippen LogP contribution < -0.4 is 4.90 Å². The van der Waals surface area contributed by atoms with E-state index in [0.29, 0.717) is 5.56 Å². The van der Waals surface area contributed by atoms with Crippen LogP contribution in [0.5, 0.6) is 0 Å². The van der Waals surface area contributed by atoms with Gasteiger partial charge in [-0.25, -0.2) is 0 Å². The van der Waals surface area contributed by atoms with Gasteiger partial charge >= 0.3 is 0 Å². The molecule has 140 valence electrons. The number of hydrogen-bond donors (Lipinski definition) is 1. The number of benzene rings is 2. The summed E-state index contributed by atoms with van der Waals surface area (Å²) in [5.41, 5.74) is 4.52. The molecule has 28 heavy (non-hydrogen) atoms. The van der Waals surface area contributed by atoms with Crippen LogP contribution in [0.1, 0.15) is 21.5 Å². The number of nitriles is 1. The molecule has 1 aliphatic rings. The molecule has 1 aromatic heterocycles. The van der Waals surface area contributed by atoms with Crippen LogP contribution in [-0.2, 0) is 4.74 Å². The number of morpholine rings is 1. The van der Waals surface area contributed by atoms with E-state index < -0.39 is 0 Å². The van der Waals surface area contributed by atoms with Crippen LogP contribution >= 0.6 is 0 Å². The van der Waals surface area contributed by atoms with Crippen LogP contribution in [0.4, 0.5) is 5.69 Å². The minimum atomic E-state index is -0.264. The number of nitrogens with zero attached hydrogens (tertiary/aromatic N) is 2. The highest BCUT2D eigenvalue weighted by Crippen LogP contribution is 2.25. The molecular formula is C23H21N3O2. The van der Waals surface area contributed by atoms with Gasteiger partial charge in [0.25, 0.3) is 0 Å². The number of fused-ring (bicyclic) bond motifs is 1. The first kappa shape index (κ1) is 18.0. The lowest BCUT2D eigenvalue weighted by Gasteiger charge is -2.28. The molecule has 5 heteroatoms. The molecule has 1 aliphatic heterocycles. The van der Waals surface area contributed by atoms with E-state index >= 15 is 0 Å². The Kier molecular flexibility index (Phi) is 4.96. The second-order valence-corrected chi connectivity index (χ2v) is 6.89. The van der Waals surface area contributed by atoms with Crippen molar-refractivity contribution in [3.63, 3.8) is 0 Å². The Labute approximate surface area is 163 Å². The van der Waals surface area contributed by atoms with Crippen LogP contribution in [0.3, 0.4) is 0 Å². The average Bonchev–Trinajstić information content (AvgIpc) is 3.18. The third kappa shape index (κ3) is 3.42. The third-order valence-corrected chi connectivity index (χ3v) is 5.10. The number of carbonyl (C=O) groups is 1. The molecule has 1 N–H and O–H groups in total. The Balaban J connectivity index is 1.62. The number of ketones is 1. The number of aryl methyl sites for hydroxylation is 1. The topological polar surface area (TPSA) is 69.1 Å². The highest BCUT2D eigenvalue weighted by molar-refractivity contribution is 6.20. The standard InChI is InChI=1S/C23H21N3O2/c1-16-3-2-4-21-22(16)20(15-25-21)23(27)18(14-24)13-17-5-7-19(8-6-17)26-9-11-28-12-10-26/h2-8,13,15,25H,9-12H2,1H3. The second-order valence-electron chi connectivity index (χ2n) is 6.89. The van der Waals surface area contributed by atoms with Gasteiger partial charge in [0.05, 0.1) is 13.2 Å². The zero-order valence-corrected chi connectivity index (χ0v) is 15.7. The van der Waals surface area contributed by atoms with E-state index in [9.17, 15) is 10.1 Å². The van der Waals surface area contributed by atoms with Gasteiger partial charge in [-0.2, -0.15) is 5.26 Å². The van der Waals surface area contributed by atoms with Crippen molar-refractivity contribution in [2.24, 2.45) is 0 Å². The molecule has 5 nitrogen and oxygen atoms in total. The largest absolute Gasteiger partial charge is 0.378 e. The smallest absolute Gasteiger partial charge is 0.205 e. The first-order chi connectivity index (χ1) is 13.7. The van der Waals surface area contributed by atoms with E-state index in [-0.39, 0.29) is 11.4 Å². The number of Topliss-reactive ketones (excluding diaryl/α,β-unsaturated/α-hetero) is 1. The summed E-state index contributed by atoms with van der Waals surface area (Å²) < 4.78 is 5.39. The van der Waals surface area contributed by atoms with Crippen molar-refractivity contribution >= 4 is 28.4 Å². The number of carbonyl (C=O) groups excluding carboxylic acids is 1. The predicted molar refractivity (Wildman–Crippen MR) is 110 cm³/mol. The quantitative estimate of drug-likeness (QED) is 0.426. The molecule has 3 aromatic rings. The number of nitrogens with one attached hydrogen (secondary N) is 1. The number of rotatable bonds is 4. The van der Waals surface area contributed by atoms with Crippen molar-refractivity contribution in [1.82, 2.24) is 4.98 Å². The van der Waals surface area contributed by atoms with Crippen LogP contribution in [0.15, 0.2) is 54.2 Å². The highest BCUT2D eigenvalue weighted by Gasteiger charge is 2.18. The minimum Gasteiger partial charge on any atom is -0.378 e. The summed E-state index contributed by atoms with van der Waals surface area (Å²) in [5, 5.41) is 10.5. The SMILES string of the molecule is Cc1cccc2[nH]cc(C(=O)C(C#N)=Cc3ccc(N4CCOCC4)cc3)c12. The number of hydrogen-bond acceptors (Lipinski definition) is 4. The van der Waals surface area contributed by atoms with Crippen LogP contribution in [0.25, 0.3) is 17.0 Å². The van der Waals surface area contributed by atoms with E-state index in [2.05, 4.69) is 16.0 Å². The molecule has 4 rings (SSSR count). The van der Waals surface area contributed by atoms with E-state index in [4.69, 9.17) is 4.74 Å². The van der Waals surface area contributed by atoms with Gasteiger partial charge < -0.3 is 14.6 Å². The lowest BCUT2D eigenvalue weighted by molar-refractivity contribution is 0.104. The number of aromatic nitrogens is 1. The Morgan fingerprint density at radius 2 is 1.93 bits per heavy atom. The molecular weight excluding hydrogens is 350 g/mol. The minimum absolute atomic E-state index is 0.128. The van der Waals surface area contributed by atoms with Gasteiger partial charge in [0, 0.05) is 41.4 Å². The Bertz CT molecular complexity index is 1080. The van der Waals surface area contributed by atoms with Gasteiger partial charge in [-0.1, -0.05) is 24.3 Å². The number of anilines is 1. The molecule has 0 spiro atoms. The predicted octanol–water partition coefficient (Wildman–Crippen LogP) is 4.10. The van der Waals surface area contributed by atoms with Crippen molar-refractivity contribution in [2.45, 2.75) is 6.92 Å². The second kappa shape index (κ2) is 7.71. The number of allylic oxidation sites excluding steroid dienone is 1. The molecule has 0 unspecified atom stereocenters. The summed E-state index contributed by atoms with van der Waals surface area (Å²) in [6, 6.07) is 15.8. The molecule has 2 heterocycles. The van der Waals surface area contributed by atoms with E-state index in [1.807, 2.05) is 49.4 Å². The van der Waals surface area contributed by atoms with Crippen molar-refractivity contribution in [2.75, 3.05) is 31.2 Å². The molecule has 0 radical (unpaired) electrons. The summed E-state index contributed by atoms with van der Waals surface area (Å²) in [6.45, 7) is 5.18. The number of H-pyrrole nitrogens is 1. The molecule has 0 aliphatic carbocycles. The summed E-state index contributed by atoms with van der Waals surface area (Å²) in [6.07, 6.45) is 3.34. The van der Waals surface area contributed by atoms with Crippen LogP contribution in [0, 0.1) is 18.3 Å². The van der Waals surface area contributed by atoms with Gasteiger partial charge in [0.15, 0.2) is 0 Å². The Morgan fingerprint density at radius 1 is 1.18 bits per heavy atom. The molecule has 1 fully saturated rings. The first-order valence-electron chi connectivity index (χ1n) is 9.33. The van der Waals surface area contributed by atoms with Crippen molar-refractivity contribution < 1.29 is 9.53 Å². The van der Waals surface area contributed by atoms with Gasteiger partial charge in [0.1, 0.15) is 11.6 Å². The zero-order valence-electron chi connectivity index (χ0n) is 15.7. The van der Waals surface area contributed by atoms with Gasteiger partial charge in [-0.3, -0.25) is 4.79 Å². The van der Waals surface area contributed by atoms with Crippen LogP contribution in [-0.4, -0.2) is 37.1 Å². The summed E-state index contributed by atoms with van der Waals surface area (Å²) in [7, 11) is 0. The normalized spacial score (nSPS) is 14.9. The maximum absolute atomic E-state index is 13.0. The number of aromatic amines is 1. The Hall–Kier alpha value is -3.36. The molecule has 2 aromatic carbocycles. The van der Waals surface area contributed by atoms with Crippen molar-refractivity contribution in [3.8, 4) is 6.07 Å². The van der Waals surface area contributed by atoms with Gasteiger partial charge in [-0.15, -0.1) is 0 Å². The van der Waals surface area contributed by atoms with Crippen molar-refractivity contribution in [3.05, 3.63) is 70.9 Å². The fraction of sp³-hybridized carbons (Fsp3) is 0.217. The van der Waals surface area contributed by atoms with Crippen LogP contribution in [0.2, 0.25) is 0 Å². The summed E-state index contributed by atoms with van der Waals surface area (Å²) >= 11 is 0. The maximum atomic E-state index is 13.0.